The molecule has 0 aliphatic carbocycles. The standard InChI is InChI=1S/C24H29FN2O2S/c1-5-14-26-21(28)20-15-30-23(17-6-10-18(11-7-17)24(2,3)4)27(20)22(29)16-8-12-19(25)13-9-16/h6-13,20,23H,5,14-15H2,1-4H3,(H,26,28)/t20-,23-/m1/s1. The van der Waals surface area contributed by atoms with Crippen molar-refractivity contribution in [3.63, 3.8) is 0 Å². The van der Waals surface area contributed by atoms with E-state index >= 15 is 0 Å². The van der Waals surface area contributed by atoms with Gasteiger partial charge >= 0.3 is 0 Å². The Bertz CT molecular complexity index is 891. The number of nitrogens with zero attached hydrogens (tertiary/aromatic N) is 1. The van der Waals surface area contributed by atoms with E-state index in [0.29, 0.717) is 17.9 Å². The molecule has 30 heavy (non-hydrogen) atoms. The predicted molar refractivity (Wildman–Crippen MR) is 120 cm³/mol. The average molecular weight is 429 g/mol. The number of hydrogen-bond donors (Lipinski definition) is 1. The Morgan fingerprint density at radius 2 is 1.73 bits per heavy atom. The van der Waals surface area contributed by atoms with Crippen molar-refractivity contribution in [2.45, 2.75) is 50.9 Å². The first kappa shape index (κ1) is 22.3. The van der Waals surface area contributed by atoms with Crippen molar-refractivity contribution in [1.29, 1.82) is 0 Å². The molecule has 160 valence electrons. The average Bonchev–Trinajstić information content (AvgIpc) is 3.16. The van der Waals surface area contributed by atoms with Crippen LogP contribution in [0.25, 0.3) is 0 Å². The Kier molecular flexibility index (Phi) is 6.86. The quantitative estimate of drug-likeness (QED) is 0.736. The molecule has 1 N–H and O–H groups in total. The lowest BCUT2D eigenvalue weighted by molar-refractivity contribution is -0.124. The molecule has 2 aromatic rings. The van der Waals surface area contributed by atoms with E-state index in [9.17, 15) is 14.0 Å². The van der Waals surface area contributed by atoms with Gasteiger partial charge in [0.1, 0.15) is 17.2 Å². The van der Waals surface area contributed by atoms with Gasteiger partial charge in [0.05, 0.1) is 0 Å². The normalized spacial score (nSPS) is 19.0. The lowest BCUT2D eigenvalue weighted by Gasteiger charge is -2.29. The third kappa shape index (κ3) is 4.86. The van der Waals surface area contributed by atoms with Gasteiger partial charge < -0.3 is 10.2 Å². The number of benzene rings is 2. The summed E-state index contributed by atoms with van der Waals surface area (Å²) in [6.07, 6.45) is 0.829. The molecular weight excluding hydrogens is 399 g/mol. The smallest absolute Gasteiger partial charge is 0.255 e. The fourth-order valence-electron chi connectivity index (χ4n) is 3.47. The van der Waals surface area contributed by atoms with Gasteiger partial charge in [-0.3, -0.25) is 9.59 Å². The SMILES string of the molecule is CCCNC(=O)[C@H]1CS[C@H](c2ccc(C(C)(C)C)cc2)N1C(=O)c1ccc(F)cc1. The van der Waals surface area contributed by atoms with Crippen LogP contribution < -0.4 is 5.32 Å². The number of halogens is 1. The summed E-state index contributed by atoms with van der Waals surface area (Å²) < 4.78 is 13.4. The van der Waals surface area contributed by atoms with Crippen LogP contribution in [0.1, 0.15) is 61.0 Å². The molecule has 3 rings (SSSR count). The molecule has 0 radical (unpaired) electrons. The van der Waals surface area contributed by atoms with Gasteiger partial charge in [-0.1, -0.05) is 52.0 Å². The number of nitrogens with one attached hydrogen (secondary N) is 1. The van der Waals surface area contributed by atoms with Crippen molar-refractivity contribution < 1.29 is 14.0 Å². The van der Waals surface area contributed by atoms with E-state index in [1.54, 1.807) is 16.7 Å². The highest BCUT2D eigenvalue weighted by atomic mass is 32.2. The van der Waals surface area contributed by atoms with Crippen LogP contribution >= 0.6 is 11.8 Å². The summed E-state index contributed by atoms with van der Waals surface area (Å²) in [4.78, 5) is 27.8. The molecule has 1 fully saturated rings. The molecule has 0 saturated carbocycles. The molecule has 2 amide bonds. The minimum absolute atomic E-state index is 0.0353. The lowest BCUT2D eigenvalue weighted by Crippen LogP contribution is -2.48. The largest absolute Gasteiger partial charge is 0.354 e. The molecule has 0 unspecified atom stereocenters. The summed E-state index contributed by atoms with van der Waals surface area (Å²) in [6, 6.07) is 13.2. The zero-order valence-corrected chi connectivity index (χ0v) is 18.8. The number of thioether (sulfide) groups is 1. The molecule has 6 heteroatoms. The van der Waals surface area contributed by atoms with Crippen LogP contribution in [0.5, 0.6) is 0 Å². The van der Waals surface area contributed by atoms with E-state index < -0.39 is 11.9 Å². The number of amides is 2. The fraction of sp³-hybridized carbons (Fsp3) is 0.417. The van der Waals surface area contributed by atoms with Gasteiger partial charge in [-0.15, -0.1) is 11.8 Å². The van der Waals surface area contributed by atoms with Gasteiger partial charge in [-0.25, -0.2) is 4.39 Å². The van der Waals surface area contributed by atoms with Gasteiger partial charge in [-0.2, -0.15) is 0 Å². The van der Waals surface area contributed by atoms with Crippen LogP contribution in [0.2, 0.25) is 0 Å². The monoisotopic (exact) mass is 428 g/mol. The number of hydrogen-bond acceptors (Lipinski definition) is 3. The second-order valence-electron chi connectivity index (χ2n) is 8.58. The van der Waals surface area contributed by atoms with E-state index in [2.05, 4.69) is 38.2 Å². The van der Waals surface area contributed by atoms with Crippen LogP contribution in [0, 0.1) is 5.82 Å². The molecule has 1 aliphatic heterocycles. The third-order valence-corrected chi connectivity index (χ3v) is 6.56. The summed E-state index contributed by atoms with van der Waals surface area (Å²) in [6.45, 7) is 9.04. The van der Waals surface area contributed by atoms with Crippen molar-refractivity contribution in [1.82, 2.24) is 10.2 Å². The molecule has 1 saturated heterocycles. The van der Waals surface area contributed by atoms with E-state index in [1.165, 1.54) is 29.8 Å². The second kappa shape index (κ2) is 9.21. The molecule has 1 heterocycles. The Balaban J connectivity index is 1.93. The van der Waals surface area contributed by atoms with Crippen molar-refractivity contribution in [3.05, 3.63) is 71.0 Å². The molecule has 0 bridgehead atoms. The van der Waals surface area contributed by atoms with Crippen LogP contribution in [-0.2, 0) is 10.2 Å². The van der Waals surface area contributed by atoms with Gasteiger partial charge in [0.25, 0.3) is 5.91 Å². The molecule has 0 spiro atoms. The maximum Gasteiger partial charge on any atom is 0.255 e. The summed E-state index contributed by atoms with van der Waals surface area (Å²) in [7, 11) is 0. The zero-order valence-electron chi connectivity index (χ0n) is 17.9. The summed E-state index contributed by atoms with van der Waals surface area (Å²) >= 11 is 1.58. The van der Waals surface area contributed by atoms with Crippen molar-refractivity contribution in [2.75, 3.05) is 12.3 Å². The first-order chi connectivity index (χ1) is 14.2. The highest BCUT2D eigenvalue weighted by Crippen LogP contribution is 2.42. The van der Waals surface area contributed by atoms with Gasteiger partial charge in [0.2, 0.25) is 5.91 Å². The van der Waals surface area contributed by atoms with E-state index in [1.807, 2.05) is 19.1 Å². The Labute approximate surface area is 182 Å². The van der Waals surface area contributed by atoms with Crippen molar-refractivity contribution in [2.24, 2.45) is 0 Å². The van der Waals surface area contributed by atoms with E-state index in [0.717, 1.165) is 12.0 Å². The highest BCUT2D eigenvalue weighted by molar-refractivity contribution is 7.99. The lowest BCUT2D eigenvalue weighted by atomic mass is 9.86. The van der Waals surface area contributed by atoms with Crippen molar-refractivity contribution in [3.8, 4) is 0 Å². The topological polar surface area (TPSA) is 49.4 Å². The summed E-state index contributed by atoms with van der Waals surface area (Å²) in [5, 5.41) is 2.65. The van der Waals surface area contributed by atoms with Crippen molar-refractivity contribution >= 4 is 23.6 Å². The minimum Gasteiger partial charge on any atom is -0.354 e. The van der Waals surface area contributed by atoms with Crippen LogP contribution in [0.3, 0.4) is 0 Å². The molecule has 1 aliphatic rings. The maximum atomic E-state index is 13.4. The Morgan fingerprint density at radius 3 is 2.30 bits per heavy atom. The minimum atomic E-state index is -0.564. The summed E-state index contributed by atoms with van der Waals surface area (Å²) in [5.41, 5.74) is 2.61. The zero-order chi connectivity index (χ0) is 21.9. The number of carbonyl (C=O) groups excluding carboxylic acids is 2. The first-order valence-electron chi connectivity index (χ1n) is 10.3. The molecule has 2 atom stereocenters. The van der Waals surface area contributed by atoms with Gasteiger partial charge in [-0.05, 0) is 47.2 Å². The highest BCUT2D eigenvalue weighted by Gasteiger charge is 2.42. The molecular formula is C24H29FN2O2S. The van der Waals surface area contributed by atoms with Crippen LogP contribution in [-0.4, -0.2) is 35.1 Å². The Hall–Kier alpha value is -2.34. The Morgan fingerprint density at radius 1 is 1.10 bits per heavy atom. The number of rotatable bonds is 5. The maximum absolute atomic E-state index is 13.4. The van der Waals surface area contributed by atoms with Crippen LogP contribution in [0.4, 0.5) is 4.39 Å². The third-order valence-electron chi connectivity index (χ3n) is 5.24. The van der Waals surface area contributed by atoms with E-state index in [4.69, 9.17) is 0 Å². The molecule has 2 aromatic carbocycles. The molecule has 0 aromatic heterocycles. The molecule has 4 nitrogen and oxygen atoms in total. The second-order valence-corrected chi connectivity index (χ2v) is 9.70. The van der Waals surface area contributed by atoms with E-state index in [-0.39, 0.29) is 22.6 Å². The van der Waals surface area contributed by atoms with Gasteiger partial charge in [0.15, 0.2) is 0 Å². The fourth-order valence-corrected chi connectivity index (χ4v) is 4.90. The number of carbonyl (C=O) groups is 2. The predicted octanol–water partition coefficient (Wildman–Crippen LogP) is 4.91. The first-order valence-corrected chi connectivity index (χ1v) is 11.3. The van der Waals surface area contributed by atoms with Crippen LogP contribution in [0.15, 0.2) is 48.5 Å². The summed E-state index contributed by atoms with van der Waals surface area (Å²) in [5.74, 6) is -0.280. The van der Waals surface area contributed by atoms with Gasteiger partial charge in [0, 0.05) is 17.9 Å².